The van der Waals surface area contributed by atoms with Crippen LogP contribution in [0.2, 0.25) is 0 Å². The molecule has 1 aromatic carbocycles. The van der Waals surface area contributed by atoms with Crippen LogP contribution in [-0.4, -0.2) is 17.5 Å². The predicted molar refractivity (Wildman–Crippen MR) is 67.8 cm³/mol. The van der Waals surface area contributed by atoms with Gasteiger partial charge in [0.2, 0.25) is 0 Å². The van der Waals surface area contributed by atoms with Crippen molar-refractivity contribution in [2.75, 3.05) is 6.54 Å². The van der Waals surface area contributed by atoms with Gasteiger partial charge in [-0.15, -0.1) is 0 Å². The molecule has 4 nitrogen and oxygen atoms in total. The third-order valence-electron chi connectivity index (χ3n) is 2.97. The van der Waals surface area contributed by atoms with E-state index in [1.165, 1.54) is 31.4 Å². The van der Waals surface area contributed by atoms with Crippen LogP contribution < -0.4 is 5.32 Å². The molecule has 0 spiro atoms. The van der Waals surface area contributed by atoms with Gasteiger partial charge in [0.05, 0.1) is 4.92 Å². The fraction of sp³-hybridized carbons (Fsp3) is 0.385. The number of nitrogens with one attached hydrogen (secondary N) is 1. The summed E-state index contributed by atoms with van der Waals surface area (Å²) in [7, 11) is 0. The van der Waals surface area contributed by atoms with Crippen molar-refractivity contribution < 1.29 is 4.92 Å². The number of piperidine rings is 1. The van der Waals surface area contributed by atoms with Crippen LogP contribution in [0.4, 0.5) is 5.69 Å². The molecule has 4 heteroatoms. The van der Waals surface area contributed by atoms with E-state index in [9.17, 15) is 10.1 Å². The molecule has 0 saturated carbocycles. The minimum atomic E-state index is -0.379. The van der Waals surface area contributed by atoms with Crippen LogP contribution >= 0.6 is 0 Å². The van der Waals surface area contributed by atoms with Crippen LogP contribution in [0.1, 0.15) is 24.8 Å². The minimum Gasteiger partial charge on any atom is -0.311 e. The first-order valence-electron chi connectivity index (χ1n) is 5.92. The molecule has 1 N–H and O–H groups in total. The molecule has 0 radical (unpaired) electrons. The summed E-state index contributed by atoms with van der Waals surface area (Å²) in [4.78, 5) is 10.1. The second kappa shape index (κ2) is 5.59. The van der Waals surface area contributed by atoms with E-state index in [1.807, 2.05) is 6.08 Å². The monoisotopic (exact) mass is 232 g/mol. The van der Waals surface area contributed by atoms with Crippen LogP contribution in [-0.2, 0) is 0 Å². The second-order valence-corrected chi connectivity index (χ2v) is 4.26. The molecule has 17 heavy (non-hydrogen) atoms. The number of hydrogen-bond donors (Lipinski definition) is 1. The van der Waals surface area contributed by atoms with Gasteiger partial charge in [-0.2, -0.15) is 0 Å². The van der Waals surface area contributed by atoms with Crippen molar-refractivity contribution >= 4 is 11.8 Å². The first kappa shape index (κ1) is 11.8. The van der Waals surface area contributed by atoms with Crippen molar-refractivity contribution in [3.05, 3.63) is 46.0 Å². The largest absolute Gasteiger partial charge is 0.311 e. The summed E-state index contributed by atoms with van der Waals surface area (Å²) in [6.07, 6.45) is 7.85. The predicted octanol–water partition coefficient (Wildman–Crippen LogP) is 2.75. The van der Waals surface area contributed by atoms with Gasteiger partial charge in [0.15, 0.2) is 0 Å². The fourth-order valence-corrected chi connectivity index (χ4v) is 1.98. The van der Waals surface area contributed by atoms with Crippen LogP contribution in [0, 0.1) is 10.1 Å². The molecule has 1 aromatic rings. The van der Waals surface area contributed by atoms with Crippen LogP contribution in [0.15, 0.2) is 30.3 Å². The zero-order valence-corrected chi connectivity index (χ0v) is 9.63. The van der Waals surface area contributed by atoms with E-state index in [0.29, 0.717) is 6.04 Å². The molecule has 1 atom stereocenters. The highest BCUT2D eigenvalue weighted by molar-refractivity contribution is 5.52. The van der Waals surface area contributed by atoms with Crippen LogP contribution in [0.3, 0.4) is 0 Å². The van der Waals surface area contributed by atoms with Gasteiger partial charge in [-0.1, -0.05) is 18.6 Å². The quantitative estimate of drug-likeness (QED) is 0.644. The Hall–Kier alpha value is -1.68. The summed E-state index contributed by atoms with van der Waals surface area (Å²) in [5.41, 5.74) is 1.14. The number of hydrogen-bond acceptors (Lipinski definition) is 3. The Morgan fingerprint density at radius 3 is 2.65 bits per heavy atom. The van der Waals surface area contributed by atoms with Crippen molar-refractivity contribution in [2.24, 2.45) is 0 Å². The second-order valence-electron chi connectivity index (χ2n) is 4.26. The molecular weight excluding hydrogens is 216 g/mol. The highest BCUT2D eigenvalue weighted by Crippen LogP contribution is 2.14. The zero-order chi connectivity index (χ0) is 12.1. The van der Waals surface area contributed by atoms with Gasteiger partial charge in [-0.05, 0) is 37.1 Å². The maximum atomic E-state index is 10.5. The molecule has 1 saturated heterocycles. The van der Waals surface area contributed by atoms with Crippen molar-refractivity contribution in [1.82, 2.24) is 5.32 Å². The smallest absolute Gasteiger partial charge is 0.269 e. The summed E-state index contributed by atoms with van der Waals surface area (Å²) >= 11 is 0. The maximum Gasteiger partial charge on any atom is 0.269 e. The first-order valence-corrected chi connectivity index (χ1v) is 5.92. The van der Waals surface area contributed by atoms with E-state index < -0.39 is 0 Å². The molecular formula is C13H16N2O2. The standard InChI is InChI=1S/C13H16N2O2/c16-15(17)13-8-5-11(6-9-13)4-7-12-3-1-2-10-14-12/h4-9,12,14H,1-3,10H2/b7-4+/t12-/m0/s1. The minimum absolute atomic E-state index is 0.137. The van der Waals surface area contributed by atoms with Crippen molar-refractivity contribution in [3.8, 4) is 0 Å². The van der Waals surface area contributed by atoms with E-state index in [-0.39, 0.29) is 10.6 Å². The molecule has 1 aliphatic rings. The highest BCUT2D eigenvalue weighted by Gasteiger charge is 2.08. The average molecular weight is 232 g/mol. The third-order valence-corrected chi connectivity index (χ3v) is 2.97. The molecule has 0 aliphatic carbocycles. The zero-order valence-electron chi connectivity index (χ0n) is 9.63. The summed E-state index contributed by atoms with van der Waals surface area (Å²) in [5.74, 6) is 0. The fourth-order valence-electron chi connectivity index (χ4n) is 1.98. The van der Waals surface area contributed by atoms with Gasteiger partial charge in [-0.25, -0.2) is 0 Å². The van der Waals surface area contributed by atoms with Crippen molar-refractivity contribution in [3.63, 3.8) is 0 Å². The van der Waals surface area contributed by atoms with Crippen molar-refractivity contribution in [1.29, 1.82) is 0 Å². The highest BCUT2D eigenvalue weighted by atomic mass is 16.6. The Morgan fingerprint density at radius 2 is 2.06 bits per heavy atom. The molecule has 0 aromatic heterocycles. The lowest BCUT2D eigenvalue weighted by Crippen LogP contribution is -2.31. The number of benzene rings is 1. The number of non-ortho nitro benzene ring substituents is 1. The Balaban J connectivity index is 1.98. The Morgan fingerprint density at radius 1 is 1.29 bits per heavy atom. The van der Waals surface area contributed by atoms with Crippen molar-refractivity contribution in [2.45, 2.75) is 25.3 Å². The normalized spacial score (nSPS) is 20.6. The summed E-state index contributed by atoms with van der Waals surface area (Å²) in [5, 5.41) is 13.9. The number of nitro benzene ring substituents is 1. The van der Waals surface area contributed by atoms with Crippen LogP contribution in [0.5, 0.6) is 0 Å². The molecule has 0 amide bonds. The van der Waals surface area contributed by atoms with Gasteiger partial charge in [0.1, 0.15) is 0 Å². The van der Waals surface area contributed by atoms with Gasteiger partial charge >= 0.3 is 0 Å². The Labute approximate surface area is 100 Å². The summed E-state index contributed by atoms with van der Waals surface area (Å²) < 4.78 is 0. The first-order chi connectivity index (χ1) is 8.25. The topological polar surface area (TPSA) is 55.2 Å². The number of rotatable bonds is 3. The van der Waals surface area contributed by atoms with Gasteiger partial charge in [0.25, 0.3) is 5.69 Å². The molecule has 1 fully saturated rings. The molecule has 1 heterocycles. The molecule has 1 aliphatic heterocycles. The Bertz CT molecular complexity index is 406. The van der Waals surface area contributed by atoms with E-state index >= 15 is 0 Å². The lowest BCUT2D eigenvalue weighted by atomic mass is 10.0. The maximum absolute atomic E-state index is 10.5. The van der Waals surface area contributed by atoms with E-state index in [1.54, 1.807) is 12.1 Å². The van der Waals surface area contributed by atoms with Crippen LogP contribution in [0.25, 0.3) is 6.08 Å². The van der Waals surface area contributed by atoms with E-state index in [0.717, 1.165) is 12.1 Å². The Kier molecular flexibility index (Phi) is 3.88. The number of nitrogens with zero attached hydrogens (tertiary/aromatic N) is 1. The summed E-state index contributed by atoms with van der Waals surface area (Å²) in [6.45, 7) is 1.08. The lowest BCUT2D eigenvalue weighted by molar-refractivity contribution is -0.384. The average Bonchev–Trinajstić information content (AvgIpc) is 2.38. The summed E-state index contributed by atoms with van der Waals surface area (Å²) in [6, 6.07) is 7.07. The number of nitro groups is 1. The van der Waals surface area contributed by atoms with E-state index in [4.69, 9.17) is 0 Å². The van der Waals surface area contributed by atoms with Gasteiger partial charge in [-0.3, -0.25) is 10.1 Å². The van der Waals surface area contributed by atoms with Gasteiger partial charge in [0, 0.05) is 18.2 Å². The lowest BCUT2D eigenvalue weighted by Gasteiger charge is -2.19. The molecule has 0 bridgehead atoms. The molecule has 2 rings (SSSR count). The SMILES string of the molecule is O=[N+]([O-])c1ccc(/C=C/[C@@H]2CCCCN2)cc1. The van der Waals surface area contributed by atoms with E-state index in [2.05, 4.69) is 11.4 Å². The third kappa shape index (κ3) is 3.39. The van der Waals surface area contributed by atoms with Gasteiger partial charge < -0.3 is 5.32 Å². The molecule has 0 unspecified atom stereocenters. The molecule has 90 valence electrons.